The van der Waals surface area contributed by atoms with Crippen LogP contribution < -0.4 is 0 Å². The second-order valence-electron chi connectivity index (χ2n) is 5.07. The number of hydrogen-bond acceptors (Lipinski definition) is 1. The highest BCUT2D eigenvalue weighted by atomic mass is 79.9. The molecule has 0 aromatic heterocycles. The summed E-state index contributed by atoms with van der Waals surface area (Å²) < 4.78 is 0.970. The summed E-state index contributed by atoms with van der Waals surface area (Å²) >= 11 is 3.47. The first-order valence-electron chi connectivity index (χ1n) is 6.40. The van der Waals surface area contributed by atoms with Crippen LogP contribution in [0.2, 0.25) is 0 Å². The molecule has 0 spiro atoms. The summed E-state index contributed by atoms with van der Waals surface area (Å²) in [7, 11) is 0. The molecule has 2 aromatic carbocycles. The number of ketones is 1. The van der Waals surface area contributed by atoms with Crippen LogP contribution in [0.25, 0.3) is 0 Å². The molecule has 0 aliphatic heterocycles. The number of carbonyl (C=O) groups excluding carboxylic acids is 1. The van der Waals surface area contributed by atoms with Gasteiger partial charge in [-0.05, 0) is 30.0 Å². The van der Waals surface area contributed by atoms with E-state index < -0.39 is 0 Å². The fourth-order valence-electron chi connectivity index (χ4n) is 1.92. The topological polar surface area (TPSA) is 17.1 Å². The van der Waals surface area contributed by atoms with Crippen molar-refractivity contribution in [1.82, 2.24) is 0 Å². The molecule has 1 nitrogen and oxygen atoms in total. The van der Waals surface area contributed by atoms with Crippen molar-refractivity contribution < 1.29 is 4.79 Å². The van der Waals surface area contributed by atoms with E-state index in [1.54, 1.807) is 0 Å². The Hall–Kier alpha value is -1.41. The minimum absolute atomic E-state index is 0.0657. The van der Waals surface area contributed by atoms with Crippen molar-refractivity contribution in [3.63, 3.8) is 0 Å². The van der Waals surface area contributed by atoms with Crippen molar-refractivity contribution in [2.24, 2.45) is 0 Å². The Bertz CT molecular complexity index is 597. The van der Waals surface area contributed by atoms with Gasteiger partial charge in [0.05, 0.1) is 0 Å². The third-order valence-corrected chi connectivity index (χ3v) is 4.13. The molecule has 2 heteroatoms. The van der Waals surface area contributed by atoms with Crippen LogP contribution in [0.3, 0.4) is 0 Å². The zero-order chi connectivity index (χ0) is 14.0. The quantitative estimate of drug-likeness (QED) is 0.719. The van der Waals surface area contributed by atoms with E-state index >= 15 is 0 Å². The zero-order valence-electron chi connectivity index (χ0n) is 11.4. The van der Waals surface area contributed by atoms with Crippen molar-refractivity contribution in [1.29, 1.82) is 0 Å². The van der Waals surface area contributed by atoms with Crippen LogP contribution in [0.1, 0.15) is 46.8 Å². The van der Waals surface area contributed by atoms with Gasteiger partial charge in [0.15, 0.2) is 5.78 Å². The largest absolute Gasteiger partial charge is 0.289 e. The van der Waals surface area contributed by atoms with Gasteiger partial charge in [-0.2, -0.15) is 0 Å². The van der Waals surface area contributed by atoms with Crippen LogP contribution in [-0.2, 0) is 0 Å². The highest BCUT2D eigenvalue weighted by Gasteiger charge is 2.10. The van der Waals surface area contributed by atoms with E-state index in [1.807, 2.05) is 49.4 Å². The maximum atomic E-state index is 12.4. The number of halogens is 1. The summed E-state index contributed by atoms with van der Waals surface area (Å²) in [6, 6.07) is 13.6. The number of benzene rings is 2. The van der Waals surface area contributed by atoms with E-state index in [-0.39, 0.29) is 5.78 Å². The van der Waals surface area contributed by atoms with E-state index in [0.717, 1.165) is 21.2 Å². The Morgan fingerprint density at radius 1 is 1.00 bits per heavy atom. The van der Waals surface area contributed by atoms with Gasteiger partial charge in [0.25, 0.3) is 0 Å². The summed E-state index contributed by atoms with van der Waals surface area (Å²) in [5, 5.41) is 0. The van der Waals surface area contributed by atoms with Gasteiger partial charge in [0.2, 0.25) is 0 Å². The number of aryl methyl sites for hydroxylation is 1. The maximum Gasteiger partial charge on any atom is 0.193 e. The Morgan fingerprint density at radius 3 is 2.11 bits per heavy atom. The molecule has 0 radical (unpaired) electrons. The Balaban J connectivity index is 2.30. The number of hydrogen-bond donors (Lipinski definition) is 0. The fourth-order valence-corrected chi connectivity index (χ4v) is 2.30. The molecule has 0 N–H and O–H groups in total. The van der Waals surface area contributed by atoms with Crippen LogP contribution in [-0.4, -0.2) is 5.78 Å². The van der Waals surface area contributed by atoms with Crippen LogP contribution in [0.4, 0.5) is 0 Å². The number of carbonyl (C=O) groups is 1. The molecule has 0 fully saturated rings. The van der Waals surface area contributed by atoms with Gasteiger partial charge in [-0.3, -0.25) is 4.79 Å². The third-order valence-electron chi connectivity index (χ3n) is 3.27. The average molecular weight is 317 g/mol. The minimum atomic E-state index is 0.0657. The highest BCUT2D eigenvalue weighted by Crippen LogP contribution is 2.21. The van der Waals surface area contributed by atoms with Gasteiger partial charge in [-0.15, -0.1) is 0 Å². The Labute approximate surface area is 122 Å². The van der Waals surface area contributed by atoms with E-state index in [2.05, 4.69) is 29.8 Å². The Morgan fingerprint density at radius 2 is 1.58 bits per heavy atom. The van der Waals surface area contributed by atoms with E-state index in [0.29, 0.717) is 5.92 Å². The fraction of sp³-hybridized carbons (Fsp3) is 0.235. The molecule has 19 heavy (non-hydrogen) atoms. The van der Waals surface area contributed by atoms with E-state index in [1.165, 1.54) is 5.56 Å². The summed E-state index contributed by atoms with van der Waals surface area (Å²) in [6.07, 6.45) is 0. The smallest absolute Gasteiger partial charge is 0.193 e. The second-order valence-corrected chi connectivity index (χ2v) is 5.92. The second kappa shape index (κ2) is 5.70. The Kier molecular flexibility index (Phi) is 4.20. The molecule has 0 bridgehead atoms. The molecule has 0 aliphatic carbocycles. The minimum Gasteiger partial charge on any atom is -0.289 e. The van der Waals surface area contributed by atoms with Gasteiger partial charge in [-0.1, -0.05) is 66.2 Å². The molecule has 2 aromatic rings. The van der Waals surface area contributed by atoms with E-state index in [9.17, 15) is 4.79 Å². The SMILES string of the molecule is Cc1ccc(C(=O)c2ccc(C(C)C)cc2)cc1Br. The molecular formula is C17H17BrO. The standard InChI is InChI=1S/C17H17BrO/c1-11(2)13-6-8-14(9-7-13)17(19)15-5-4-12(3)16(18)10-15/h4-11H,1-3H3. The van der Waals surface area contributed by atoms with Crippen LogP contribution in [0.15, 0.2) is 46.9 Å². The first kappa shape index (κ1) is 14.0. The van der Waals surface area contributed by atoms with Crippen molar-refractivity contribution in [3.05, 3.63) is 69.2 Å². The molecule has 2 rings (SSSR count). The lowest BCUT2D eigenvalue weighted by atomic mass is 9.98. The lowest BCUT2D eigenvalue weighted by Gasteiger charge is -2.07. The lowest BCUT2D eigenvalue weighted by Crippen LogP contribution is -2.02. The lowest BCUT2D eigenvalue weighted by molar-refractivity contribution is 0.103. The van der Waals surface area contributed by atoms with Crippen molar-refractivity contribution >= 4 is 21.7 Å². The van der Waals surface area contributed by atoms with E-state index in [4.69, 9.17) is 0 Å². The molecule has 0 saturated heterocycles. The first-order valence-corrected chi connectivity index (χ1v) is 7.19. The van der Waals surface area contributed by atoms with Crippen LogP contribution in [0, 0.1) is 6.92 Å². The number of rotatable bonds is 3. The molecule has 0 amide bonds. The zero-order valence-corrected chi connectivity index (χ0v) is 13.0. The van der Waals surface area contributed by atoms with Gasteiger partial charge in [0.1, 0.15) is 0 Å². The summed E-state index contributed by atoms with van der Waals surface area (Å²) in [5.41, 5.74) is 3.84. The molecule has 0 heterocycles. The van der Waals surface area contributed by atoms with Gasteiger partial charge < -0.3 is 0 Å². The van der Waals surface area contributed by atoms with Crippen molar-refractivity contribution in [2.75, 3.05) is 0 Å². The molecule has 98 valence electrons. The molecule has 0 atom stereocenters. The normalized spacial score (nSPS) is 10.8. The maximum absolute atomic E-state index is 12.4. The summed E-state index contributed by atoms with van der Waals surface area (Å²) in [6.45, 7) is 6.30. The van der Waals surface area contributed by atoms with Gasteiger partial charge >= 0.3 is 0 Å². The molecular weight excluding hydrogens is 300 g/mol. The summed E-state index contributed by atoms with van der Waals surface area (Å²) in [4.78, 5) is 12.4. The highest BCUT2D eigenvalue weighted by molar-refractivity contribution is 9.10. The van der Waals surface area contributed by atoms with Crippen molar-refractivity contribution in [3.8, 4) is 0 Å². The van der Waals surface area contributed by atoms with Gasteiger partial charge in [-0.25, -0.2) is 0 Å². The predicted molar refractivity (Wildman–Crippen MR) is 82.8 cm³/mol. The predicted octanol–water partition coefficient (Wildman–Crippen LogP) is 5.11. The van der Waals surface area contributed by atoms with Crippen LogP contribution in [0.5, 0.6) is 0 Å². The van der Waals surface area contributed by atoms with Crippen LogP contribution >= 0.6 is 15.9 Å². The first-order chi connectivity index (χ1) is 8.99. The molecule has 0 unspecified atom stereocenters. The van der Waals surface area contributed by atoms with Gasteiger partial charge in [0, 0.05) is 15.6 Å². The third kappa shape index (κ3) is 3.13. The molecule has 0 saturated carbocycles. The monoisotopic (exact) mass is 316 g/mol. The summed E-state index contributed by atoms with van der Waals surface area (Å²) in [5.74, 6) is 0.550. The van der Waals surface area contributed by atoms with Crippen molar-refractivity contribution in [2.45, 2.75) is 26.7 Å². The average Bonchev–Trinajstić information content (AvgIpc) is 2.41. The molecule has 0 aliphatic rings.